The third-order valence-electron chi connectivity index (χ3n) is 3.14. The van der Waals surface area contributed by atoms with E-state index in [-0.39, 0.29) is 0 Å². The van der Waals surface area contributed by atoms with Gasteiger partial charge < -0.3 is 0 Å². The Morgan fingerprint density at radius 3 is 1.65 bits per heavy atom. The lowest BCUT2D eigenvalue weighted by molar-refractivity contribution is 1.09. The Morgan fingerprint density at radius 1 is 0.750 bits per heavy atom. The fourth-order valence-corrected chi connectivity index (χ4v) is 3.95. The second-order valence-corrected chi connectivity index (χ2v) is 7.04. The molecule has 0 bridgehead atoms. The van der Waals surface area contributed by atoms with Crippen LogP contribution in [-0.2, 0) is 11.5 Å². The fraction of sp³-hybridized carbons (Fsp3) is 0.235. The summed E-state index contributed by atoms with van der Waals surface area (Å²) in [6.45, 7) is 0. The van der Waals surface area contributed by atoms with Crippen LogP contribution < -0.4 is 0 Å². The van der Waals surface area contributed by atoms with E-state index in [0.29, 0.717) is 10.5 Å². The molecule has 0 saturated carbocycles. The molecule has 0 spiro atoms. The van der Waals surface area contributed by atoms with E-state index in [0.717, 1.165) is 11.5 Å². The van der Waals surface area contributed by atoms with Crippen molar-refractivity contribution in [1.82, 2.24) is 4.98 Å². The lowest BCUT2D eigenvalue weighted by atomic mass is 10.3. The topological polar surface area (TPSA) is 12.9 Å². The third kappa shape index (κ3) is 3.90. The van der Waals surface area contributed by atoms with Crippen LogP contribution in [0, 0.1) is 0 Å². The third-order valence-corrected chi connectivity index (χ3v) is 5.46. The van der Waals surface area contributed by atoms with E-state index in [1.807, 2.05) is 23.5 Å². The van der Waals surface area contributed by atoms with Crippen LogP contribution in [0.2, 0.25) is 0 Å². The minimum Gasteiger partial charge on any atom is -0.256 e. The van der Waals surface area contributed by atoms with Crippen LogP contribution in [-0.4, -0.2) is 15.5 Å². The summed E-state index contributed by atoms with van der Waals surface area (Å²) in [6.07, 6.45) is 17.3. The molecule has 3 heteroatoms. The Balaban J connectivity index is 1.52. The Bertz CT molecular complexity index is 501. The van der Waals surface area contributed by atoms with Gasteiger partial charge in [-0.05, 0) is 12.1 Å². The first kappa shape index (κ1) is 13.8. The molecule has 2 aliphatic rings. The van der Waals surface area contributed by atoms with E-state index in [2.05, 4.69) is 66.8 Å². The minimum atomic E-state index is 0.517. The molecule has 0 unspecified atom stereocenters. The van der Waals surface area contributed by atoms with Crippen molar-refractivity contribution in [2.45, 2.75) is 22.0 Å². The SMILES string of the molecule is C1=CC(SCc2cccc(CSC3C=CC=C3)n2)C=C1. The second kappa shape index (κ2) is 7.00. The standard InChI is InChI=1S/C17H17NS2/c1-2-9-16(8-1)19-12-14-6-5-7-15(18-14)13-20-17-10-3-4-11-17/h1-11,16-17H,12-13H2. The first-order valence-electron chi connectivity index (χ1n) is 6.78. The molecule has 2 aliphatic carbocycles. The summed E-state index contributed by atoms with van der Waals surface area (Å²) in [5.74, 6) is 1.95. The van der Waals surface area contributed by atoms with Gasteiger partial charge in [0.25, 0.3) is 0 Å². The number of aromatic nitrogens is 1. The van der Waals surface area contributed by atoms with E-state index in [4.69, 9.17) is 4.98 Å². The first-order chi connectivity index (χ1) is 9.90. The molecule has 3 rings (SSSR count). The monoisotopic (exact) mass is 299 g/mol. The van der Waals surface area contributed by atoms with Crippen molar-refractivity contribution in [1.29, 1.82) is 0 Å². The van der Waals surface area contributed by atoms with Crippen molar-refractivity contribution in [3.05, 3.63) is 78.2 Å². The van der Waals surface area contributed by atoms with Crippen LogP contribution in [0.3, 0.4) is 0 Å². The van der Waals surface area contributed by atoms with Crippen LogP contribution in [0.1, 0.15) is 11.4 Å². The Kier molecular flexibility index (Phi) is 4.82. The quantitative estimate of drug-likeness (QED) is 0.765. The summed E-state index contributed by atoms with van der Waals surface area (Å²) in [4.78, 5) is 4.76. The van der Waals surface area contributed by atoms with Crippen LogP contribution in [0.5, 0.6) is 0 Å². The summed E-state index contributed by atoms with van der Waals surface area (Å²) in [5, 5.41) is 1.03. The molecule has 1 heterocycles. The molecule has 0 radical (unpaired) electrons. The molecule has 1 aromatic heterocycles. The lowest BCUT2D eigenvalue weighted by Crippen LogP contribution is -1.98. The van der Waals surface area contributed by atoms with Gasteiger partial charge in [0.1, 0.15) is 0 Å². The smallest absolute Gasteiger partial charge is 0.0506 e. The summed E-state index contributed by atoms with van der Waals surface area (Å²) < 4.78 is 0. The van der Waals surface area contributed by atoms with Crippen molar-refractivity contribution < 1.29 is 0 Å². The molecule has 0 aromatic carbocycles. The average molecular weight is 299 g/mol. The van der Waals surface area contributed by atoms with Gasteiger partial charge in [-0.3, -0.25) is 4.98 Å². The van der Waals surface area contributed by atoms with Crippen LogP contribution in [0.4, 0.5) is 0 Å². The average Bonchev–Trinajstić information content (AvgIpc) is 3.17. The molecular formula is C17H17NS2. The largest absolute Gasteiger partial charge is 0.256 e. The zero-order valence-corrected chi connectivity index (χ0v) is 12.8. The Hall–Kier alpha value is -1.19. The Morgan fingerprint density at radius 2 is 1.20 bits per heavy atom. The van der Waals surface area contributed by atoms with E-state index in [9.17, 15) is 0 Å². The molecule has 1 nitrogen and oxygen atoms in total. The molecule has 20 heavy (non-hydrogen) atoms. The van der Waals surface area contributed by atoms with Gasteiger partial charge >= 0.3 is 0 Å². The van der Waals surface area contributed by atoms with Crippen LogP contribution in [0.25, 0.3) is 0 Å². The molecule has 0 atom stereocenters. The van der Waals surface area contributed by atoms with Crippen molar-refractivity contribution >= 4 is 23.5 Å². The van der Waals surface area contributed by atoms with Crippen LogP contribution >= 0.6 is 23.5 Å². The van der Waals surface area contributed by atoms with E-state index < -0.39 is 0 Å². The molecule has 0 aliphatic heterocycles. The van der Waals surface area contributed by atoms with Crippen molar-refractivity contribution in [2.75, 3.05) is 0 Å². The highest BCUT2D eigenvalue weighted by Gasteiger charge is 2.07. The van der Waals surface area contributed by atoms with Gasteiger partial charge in [-0.15, -0.1) is 23.5 Å². The number of thioether (sulfide) groups is 2. The number of rotatable bonds is 6. The van der Waals surface area contributed by atoms with Gasteiger partial charge in [0.15, 0.2) is 0 Å². The van der Waals surface area contributed by atoms with E-state index in [1.165, 1.54) is 11.4 Å². The van der Waals surface area contributed by atoms with Gasteiger partial charge in [-0.25, -0.2) is 0 Å². The molecule has 0 fully saturated rings. The zero-order valence-electron chi connectivity index (χ0n) is 11.2. The van der Waals surface area contributed by atoms with E-state index >= 15 is 0 Å². The van der Waals surface area contributed by atoms with E-state index in [1.54, 1.807) is 0 Å². The summed E-state index contributed by atoms with van der Waals surface area (Å²) in [6, 6.07) is 6.37. The van der Waals surface area contributed by atoms with Crippen molar-refractivity contribution in [3.63, 3.8) is 0 Å². The van der Waals surface area contributed by atoms with Crippen molar-refractivity contribution in [3.8, 4) is 0 Å². The summed E-state index contributed by atoms with van der Waals surface area (Å²) in [5.41, 5.74) is 2.36. The van der Waals surface area contributed by atoms with Gasteiger partial charge in [0.2, 0.25) is 0 Å². The number of pyridine rings is 1. The predicted octanol–water partition coefficient (Wildman–Crippen LogP) is 4.54. The number of hydrogen-bond acceptors (Lipinski definition) is 3. The zero-order chi connectivity index (χ0) is 13.6. The van der Waals surface area contributed by atoms with Gasteiger partial charge in [0, 0.05) is 22.0 Å². The highest BCUT2D eigenvalue weighted by atomic mass is 32.2. The highest BCUT2D eigenvalue weighted by molar-refractivity contribution is 7.99. The maximum absolute atomic E-state index is 4.76. The summed E-state index contributed by atoms with van der Waals surface area (Å²) >= 11 is 3.85. The number of nitrogens with zero attached hydrogens (tertiary/aromatic N) is 1. The Labute approximate surface area is 129 Å². The lowest BCUT2D eigenvalue weighted by Gasteiger charge is -2.08. The van der Waals surface area contributed by atoms with Gasteiger partial charge in [-0.2, -0.15) is 0 Å². The van der Waals surface area contributed by atoms with Crippen molar-refractivity contribution in [2.24, 2.45) is 0 Å². The maximum atomic E-state index is 4.76. The van der Waals surface area contributed by atoms with Crippen LogP contribution in [0.15, 0.2) is 66.8 Å². The molecule has 0 N–H and O–H groups in total. The van der Waals surface area contributed by atoms with Gasteiger partial charge in [0.05, 0.1) is 11.4 Å². The first-order valence-corrected chi connectivity index (χ1v) is 8.88. The normalized spacial score (nSPS) is 17.6. The summed E-state index contributed by atoms with van der Waals surface area (Å²) in [7, 11) is 0. The predicted molar refractivity (Wildman–Crippen MR) is 91.0 cm³/mol. The number of hydrogen-bond donors (Lipinski definition) is 0. The highest BCUT2D eigenvalue weighted by Crippen LogP contribution is 2.24. The molecular weight excluding hydrogens is 282 g/mol. The number of allylic oxidation sites excluding steroid dienone is 4. The maximum Gasteiger partial charge on any atom is 0.0506 e. The second-order valence-electron chi connectivity index (χ2n) is 4.71. The molecule has 1 aromatic rings. The molecule has 102 valence electrons. The minimum absolute atomic E-state index is 0.517. The molecule has 0 amide bonds. The molecule has 0 saturated heterocycles. The van der Waals surface area contributed by atoms with Gasteiger partial charge in [-0.1, -0.05) is 54.7 Å². The fourth-order valence-electron chi connectivity index (χ4n) is 2.10.